The van der Waals surface area contributed by atoms with E-state index in [1.165, 1.54) is 0 Å². The van der Waals surface area contributed by atoms with Crippen LogP contribution in [0.2, 0.25) is 0 Å². The van der Waals surface area contributed by atoms with Crippen molar-refractivity contribution < 1.29 is 14.4 Å². The zero-order valence-electron chi connectivity index (χ0n) is 6.92. The molecule has 1 fully saturated rings. The van der Waals surface area contributed by atoms with Crippen LogP contribution in [0.25, 0.3) is 0 Å². The van der Waals surface area contributed by atoms with Gasteiger partial charge in [-0.3, -0.25) is 14.4 Å². The van der Waals surface area contributed by atoms with E-state index in [2.05, 4.69) is 0 Å². The van der Waals surface area contributed by atoms with Crippen LogP contribution in [0.15, 0.2) is 0 Å². The number of carbonyl (C=O) groups excluding carboxylic acids is 3. The van der Waals surface area contributed by atoms with Gasteiger partial charge in [0.25, 0.3) is 0 Å². The minimum atomic E-state index is -0.938. The maximum atomic E-state index is 11.0. The van der Waals surface area contributed by atoms with Crippen molar-refractivity contribution in [3.63, 3.8) is 0 Å². The summed E-state index contributed by atoms with van der Waals surface area (Å²) in [5.41, 5.74) is 4.14. The maximum Gasteiger partial charge on any atom is 0.224 e. The number of primary amides is 1. The summed E-state index contributed by atoms with van der Waals surface area (Å²) in [5.74, 6) is -0.941. The Balaban J connectivity index is 2.85. The van der Waals surface area contributed by atoms with Crippen molar-refractivity contribution in [2.75, 3.05) is 0 Å². The van der Waals surface area contributed by atoms with Crippen molar-refractivity contribution in [1.82, 2.24) is 0 Å². The minimum Gasteiger partial charge on any atom is -0.369 e. The first kappa shape index (κ1) is 8.90. The molecule has 1 amide bonds. The number of amides is 1. The predicted molar refractivity (Wildman–Crippen MR) is 41.2 cm³/mol. The normalized spacial score (nSPS) is 22.4. The van der Waals surface area contributed by atoms with E-state index in [4.69, 9.17) is 5.73 Å². The molecule has 0 spiro atoms. The molecular weight excluding hydrogens is 158 g/mol. The first-order valence-electron chi connectivity index (χ1n) is 3.77. The average molecular weight is 169 g/mol. The molecular formula is C8H11NO3. The summed E-state index contributed by atoms with van der Waals surface area (Å²) in [5, 5.41) is 0. The summed E-state index contributed by atoms with van der Waals surface area (Å²) in [6, 6.07) is 0. The molecule has 0 unspecified atom stereocenters. The van der Waals surface area contributed by atoms with Gasteiger partial charge in [-0.15, -0.1) is 0 Å². The van der Waals surface area contributed by atoms with E-state index >= 15 is 0 Å². The monoisotopic (exact) mass is 169 g/mol. The van der Waals surface area contributed by atoms with Gasteiger partial charge in [-0.2, -0.15) is 0 Å². The Bertz CT molecular complexity index is 241. The number of hydrogen-bond donors (Lipinski definition) is 1. The Hall–Kier alpha value is -1.19. The van der Waals surface area contributed by atoms with Gasteiger partial charge in [0.15, 0.2) is 0 Å². The number of hydrogen-bond acceptors (Lipinski definition) is 3. The Kier molecular flexibility index (Phi) is 2.00. The van der Waals surface area contributed by atoms with Crippen LogP contribution in [0.3, 0.4) is 0 Å². The molecule has 2 N–H and O–H groups in total. The second-order valence-electron chi connectivity index (χ2n) is 3.53. The molecule has 4 nitrogen and oxygen atoms in total. The van der Waals surface area contributed by atoms with Crippen LogP contribution in [0.4, 0.5) is 0 Å². The van der Waals surface area contributed by atoms with Gasteiger partial charge >= 0.3 is 0 Å². The summed E-state index contributed by atoms with van der Waals surface area (Å²) in [6.45, 7) is 1.56. The topological polar surface area (TPSA) is 77.2 Å². The molecule has 1 saturated carbocycles. The first-order valence-corrected chi connectivity index (χ1v) is 3.77. The summed E-state index contributed by atoms with van der Waals surface area (Å²) >= 11 is 0. The fourth-order valence-electron chi connectivity index (χ4n) is 1.45. The molecule has 0 aromatic heterocycles. The van der Waals surface area contributed by atoms with E-state index in [-0.39, 0.29) is 30.8 Å². The van der Waals surface area contributed by atoms with E-state index in [9.17, 15) is 14.4 Å². The summed E-state index contributed by atoms with van der Waals surface area (Å²) in [6.07, 6.45) is 0.172. The average Bonchev–Trinajstić information content (AvgIpc) is 1.82. The first-order chi connectivity index (χ1) is 5.44. The van der Waals surface area contributed by atoms with Crippen LogP contribution >= 0.6 is 0 Å². The highest BCUT2D eigenvalue weighted by Gasteiger charge is 2.40. The van der Waals surface area contributed by atoms with Crippen molar-refractivity contribution in [2.24, 2.45) is 11.1 Å². The number of Topliss-reactive ketones (excluding diaryl/α,β-unsaturated/α-hetero) is 2. The highest BCUT2D eigenvalue weighted by Crippen LogP contribution is 2.31. The van der Waals surface area contributed by atoms with Gasteiger partial charge in [0.05, 0.1) is 11.8 Å². The van der Waals surface area contributed by atoms with Gasteiger partial charge in [-0.1, -0.05) is 0 Å². The molecule has 0 bridgehead atoms. The lowest BCUT2D eigenvalue weighted by molar-refractivity contribution is -0.141. The van der Waals surface area contributed by atoms with Gasteiger partial charge in [0, 0.05) is 12.8 Å². The number of nitrogens with two attached hydrogens (primary N) is 1. The molecule has 0 aromatic rings. The Morgan fingerprint density at radius 1 is 1.33 bits per heavy atom. The fraction of sp³-hybridized carbons (Fsp3) is 0.625. The SMILES string of the molecule is CC1(C(N)=O)CC(=O)CC(=O)C1. The van der Waals surface area contributed by atoms with Crippen molar-refractivity contribution in [3.8, 4) is 0 Å². The highest BCUT2D eigenvalue weighted by atomic mass is 16.2. The third kappa shape index (κ3) is 1.52. The molecule has 0 heterocycles. The zero-order valence-corrected chi connectivity index (χ0v) is 6.92. The van der Waals surface area contributed by atoms with E-state index in [1.54, 1.807) is 6.92 Å². The van der Waals surface area contributed by atoms with Crippen LogP contribution in [-0.2, 0) is 14.4 Å². The van der Waals surface area contributed by atoms with E-state index in [1.807, 2.05) is 0 Å². The molecule has 0 aromatic carbocycles. The van der Waals surface area contributed by atoms with Gasteiger partial charge in [-0.25, -0.2) is 0 Å². The van der Waals surface area contributed by atoms with Crippen LogP contribution < -0.4 is 5.73 Å². The lowest BCUT2D eigenvalue weighted by Gasteiger charge is -2.27. The van der Waals surface area contributed by atoms with Crippen molar-refractivity contribution in [2.45, 2.75) is 26.2 Å². The minimum absolute atomic E-state index is 0.0388. The van der Waals surface area contributed by atoms with Gasteiger partial charge in [-0.05, 0) is 6.92 Å². The molecule has 0 saturated heterocycles. The predicted octanol–water partition coefficient (Wildman–Crippen LogP) is -0.200. The summed E-state index contributed by atoms with van der Waals surface area (Å²) in [4.78, 5) is 32.8. The van der Waals surface area contributed by atoms with Crippen LogP contribution in [0.5, 0.6) is 0 Å². The second-order valence-corrected chi connectivity index (χ2v) is 3.53. The van der Waals surface area contributed by atoms with Crippen LogP contribution in [0.1, 0.15) is 26.2 Å². The maximum absolute atomic E-state index is 11.0. The lowest BCUT2D eigenvalue weighted by atomic mass is 9.74. The molecule has 1 aliphatic carbocycles. The smallest absolute Gasteiger partial charge is 0.224 e. The molecule has 1 rings (SSSR count). The molecule has 4 heteroatoms. The molecule has 0 atom stereocenters. The number of carbonyl (C=O) groups is 3. The van der Waals surface area contributed by atoms with Crippen molar-refractivity contribution in [3.05, 3.63) is 0 Å². The fourth-order valence-corrected chi connectivity index (χ4v) is 1.45. The molecule has 0 aliphatic heterocycles. The summed E-state index contributed by atoms with van der Waals surface area (Å²) in [7, 11) is 0. The third-order valence-electron chi connectivity index (χ3n) is 2.16. The summed E-state index contributed by atoms with van der Waals surface area (Å²) < 4.78 is 0. The number of rotatable bonds is 1. The van der Waals surface area contributed by atoms with Crippen LogP contribution in [0, 0.1) is 5.41 Å². The van der Waals surface area contributed by atoms with Crippen LogP contribution in [-0.4, -0.2) is 17.5 Å². The lowest BCUT2D eigenvalue weighted by Crippen LogP contribution is -2.41. The van der Waals surface area contributed by atoms with Crippen molar-refractivity contribution >= 4 is 17.5 Å². The standard InChI is InChI=1S/C8H11NO3/c1-8(7(9)12)3-5(10)2-6(11)4-8/h2-4H2,1H3,(H2,9,12). The van der Waals surface area contributed by atoms with Gasteiger partial charge in [0.1, 0.15) is 11.6 Å². The molecule has 66 valence electrons. The van der Waals surface area contributed by atoms with Gasteiger partial charge in [0.2, 0.25) is 5.91 Å². The Morgan fingerprint density at radius 2 is 1.75 bits per heavy atom. The third-order valence-corrected chi connectivity index (χ3v) is 2.16. The largest absolute Gasteiger partial charge is 0.369 e. The molecule has 1 aliphatic rings. The Morgan fingerprint density at radius 3 is 2.08 bits per heavy atom. The van der Waals surface area contributed by atoms with E-state index < -0.39 is 11.3 Å². The quantitative estimate of drug-likeness (QED) is 0.552. The molecule has 12 heavy (non-hydrogen) atoms. The van der Waals surface area contributed by atoms with E-state index in [0.29, 0.717) is 0 Å². The zero-order chi connectivity index (χ0) is 9.35. The molecule has 0 radical (unpaired) electrons. The second kappa shape index (κ2) is 2.69. The highest BCUT2D eigenvalue weighted by molar-refractivity contribution is 6.06. The Labute approximate surface area is 70.1 Å². The van der Waals surface area contributed by atoms with E-state index in [0.717, 1.165) is 0 Å². The van der Waals surface area contributed by atoms with Gasteiger partial charge < -0.3 is 5.73 Å². The number of ketones is 2. The van der Waals surface area contributed by atoms with Crippen molar-refractivity contribution in [1.29, 1.82) is 0 Å².